The van der Waals surface area contributed by atoms with Gasteiger partial charge >= 0.3 is 0 Å². The number of dihydropyridines is 1. The Labute approximate surface area is 127 Å². The van der Waals surface area contributed by atoms with Crippen molar-refractivity contribution in [2.75, 3.05) is 6.54 Å². The van der Waals surface area contributed by atoms with E-state index >= 15 is 0 Å². The first kappa shape index (κ1) is 13.0. The van der Waals surface area contributed by atoms with Crippen LogP contribution in [0.25, 0.3) is 5.57 Å². The lowest BCUT2D eigenvalue weighted by Crippen LogP contribution is -2.41. The van der Waals surface area contributed by atoms with Crippen LogP contribution in [-0.4, -0.2) is 24.0 Å². The zero-order valence-corrected chi connectivity index (χ0v) is 11.6. The highest BCUT2D eigenvalue weighted by Crippen LogP contribution is 2.37. The highest BCUT2D eigenvalue weighted by molar-refractivity contribution is 5.88. The molecule has 1 atom stereocenters. The molecule has 110 valence electrons. The van der Waals surface area contributed by atoms with Gasteiger partial charge in [-0.3, -0.25) is 4.99 Å². The number of fused-ring (bicyclic) bond motifs is 1. The predicted octanol–water partition coefficient (Wildman–Crippen LogP) is 3.27. The van der Waals surface area contributed by atoms with Gasteiger partial charge < -0.3 is 9.68 Å². The molecule has 0 saturated carbocycles. The zero-order valence-electron chi connectivity index (χ0n) is 11.6. The summed E-state index contributed by atoms with van der Waals surface area (Å²) in [5.74, 6) is 1.09. The maximum absolute atomic E-state index is 13.1. The van der Waals surface area contributed by atoms with E-state index in [4.69, 9.17) is 9.68 Å². The smallest absolute Gasteiger partial charge is 0.196 e. The Morgan fingerprint density at radius 1 is 1.00 bits per heavy atom. The van der Waals surface area contributed by atoms with Gasteiger partial charge in [-0.25, -0.2) is 4.39 Å². The lowest BCUT2D eigenvalue weighted by atomic mass is 9.97. The summed E-state index contributed by atoms with van der Waals surface area (Å²) in [5.41, 5.74) is 1.89. The summed E-state index contributed by atoms with van der Waals surface area (Å²) < 4.78 is 13.1. The van der Waals surface area contributed by atoms with Gasteiger partial charge in [0.15, 0.2) is 11.5 Å². The van der Waals surface area contributed by atoms with Gasteiger partial charge in [0.1, 0.15) is 11.9 Å². The first-order valence-electron chi connectivity index (χ1n) is 7.01. The molecular weight excluding hydrogens is 283 g/mol. The molecule has 2 aromatic rings. The summed E-state index contributed by atoms with van der Waals surface area (Å²) in [6.07, 6.45) is 3.65. The molecule has 0 aliphatic carbocycles. The lowest BCUT2D eigenvalue weighted by molar-refractivity contribution is -0.239. The summed E-state index contributed by atoms with van der Waals surface area (Å²) in [7, 11) is 0. The minimum atomic E-state index is -0.258. The number of aliphatic imine (C=N–C) groups is 1. The number of rotatable bonds is 2. The topological polar surface area (TPSA) is 34.1 Å². The molecule has 0 aromatic heterocycles. The molecule has 0 saturated heterocycles. The van der Waals surface area contributed by atoms with Crippen molar-refractivity contribution < 1.29 is 14.1 Å². The molecule has 2 heterocycles. The standard InChI is InChI=1S/C17H13FN2O2/c18-13-7-5-12(6-8-13)14-9-10-19-11-15(14)20-21-16-3-1-2-4-17(16)22-20/h1-10,15H,11H2/t15-/m1/s1. The average molecular weight is 296 g/mol. The zero-order chi connectivity index (χ0) is 14.9. The number of allylic oxidation sites excluding steroid dienone is 1. The molecule has 5 heteroatoms. The highest BCUT2D eigenvalue weighted by atomic mass is 19.1. The van der Waals surface area contributed by atoms with E-state index in [1.54, 1.807) is 18.3 Å². The molecule has 0 radical (unpaired) electrons. The van der Waals surface area contributed by atoms with Crippen LogP contribution < -0.4 is 9.68 Å². The molecule has 0 amide bonds. The fourth-order valence-corrected chi connectivity index (χ4v) is 2.56. The van der Waals surface area contributed by atoms with Crippen LogP contribution in [0.2, 0.25) is 0 Å². The van der Waals surface area contributed by atoms with Crippen LogP contribution in [0, 0.1) is 5.82 Å². The van der Waals surface area contributed by atoms with Gasteiger partial charge in [-0.05, 0) is 41.5 Å². The van der Waals surface area contributed by atoms with E-state index in [2.05, 4.69) is 4.99 Å². The Bertz CT molecular complexity index is 731. The number of halogens is 1. The van der Waals surface area contributed by atoms with Gasteiger partial charge in [0, 0.05) is 11.4 Å². The molecule has 2 aliphatic heterocycles. The van der Waals surface area contributed by atoms with Gasteiger partial charge in [-0.15, -0.1) is 0 Å². The first-order chi connectivity index (χ1) is 10.8. The number of benzene rings is 2. The van der Waals surface area contributed by atoms with Crippen molar-refractivity contribution in [3.63, 3.8) is 0 Å². The summed E-state index contributed by atoms with van der Waals surface area (Å²) in [4.78, 5) is 15.8. The summed E-state index contributed by atoms with van der Waals surface area (Å²) in [6.45, 7) is 0.511. The van der Waals surface area contributed by atoms with E-state index < -0.39 is 0 Å². The Morgan fingerprint density at radius 2 is 1.68 bits per heavy atom. The Hall–Kier alpha value is -2.66. The second kappa shape index (κ2) is 5.27. The van der Waals surface area contributed by atoms with E-state index in [-0.39, 0.29) is 11.9 Å². The second-order valence-corrected chi connectivity index (χ2v) is 5.07. The third-order valence-corrected chi connectivity index (χ3v) is 3.65. The van der Waals surface area contributed by atoms with Crippen LogP contribution >= 0.6 is 0 Å². The van der Waals surface area contributed by atoms with Crippen molar-refractivity contribution in [2.24, 2.45) is 4.99 Å². The minimum Gasteiger partial charge on any atom is -0.366 e. The third-order valence-electron chi connectivity index (χ3n) is 3.65. The van der Waals surface area contributed by atoms with Crippen LogP contribution in [-0.2, 0) is 0 Å². The van der Waals surface area contributed by atoms with Crippen molar-refractivity contribution in [1.29, 1.82) is 0 Å². The molecule has 4 nitrogen and oxygen atoms in total. The molecular formula is C17H13FN2O2. The lowest BCUT2D eigenvalue weighted by Gasteiger charge is -2.26. The minimum absolute atomic E-state index is 0.192. The van der Waals surface area contributed by atoms with Crippen molar-refractivity contribution >= 4 is 11.8 Å². The maximum Gasteiger partial charge on any atom is 0.196 e. The van der Waals surface area contributed by atoms with Crippen molar-refractivity contribution in [2.45, 2.75) is 6.04 Å². The SMILES string of the molecule is Fc1ccc(C2=CC=NC[C@H]2N2Oc3ccccc3O2)cc1. The quantitative estimate of drug-likeness (QED) is 0.853. The molecule has 0 bridgehead atoms. The Morgan fingerprint density at radius 3 is 2.36 bits per heavy atom. The summed E-state index contributed by atoms with van der Waals surface area (Å²) in [5, 5.41) is 1.45. The van der Waals surface area contributed by atoms with Crippen LogP contribution in [0.3, 0.4) is 0 Å². The van der Waals surface area contributed by atoms with E-state index in [1.807, 2.05) is 30.3 Å². The fourth-order valence-electron chi connectivity index (χ4n) is 2.56. The number of nitrogens with zero attached hydrogens (tertiary/aromatic N) is 2. The molecule has 0 unspecified atom stereocenters. The van der Waals surface area contributed by atoms with E-state index in [0.29, 0.717) is 18.0 Å². The molecule has 0 spiro atoms. The van der Waals surface area contributed by atoms with Gasteiger partial charge in [0.2, 0.25) is 0 Å². The average Bonchev–Trinajstić information content (AvgIpc) is 2.99. The monoisotopic (exact) mass is 296 g/mol. The summed E-state index contributed by atoms with van der Waals surface area (Å²) >= 11 is 0. The van der Waals surface area contributed by atoms with E-state index in [1.165, 1.54) is 17.4 Å². The van der Waals surface area contributed by atoms with Crippen molar-refractivity contribution in [3.05, 3.63) is 66.0 Å². The third kappa shape index (κ3) is 2.25. The highest BCUT2D eigenvalue weighted by Gasteiger charge is 2.33. The van der Waals surface area contributed by atoms with Crippen LogP contribution in [0.1, 0.15) is 5.56 Å². The van der Waals surface area contributed by atoms with Crippen molar-refractivity contribution in [1.82, 2.24) is 5.23 Å². The van der Waals surface area contributed by atoms with Gasteiger partial charge in [0.25, 0.3) is 0 Å². The molecule has 4 rings (SSSR count). The number of hydrogen-bond donors (Lipinski definition) is 0. The van der Waals surface area contributed by atoms with E-state index in [0.717, 1.165) is 11.1 Å². The molecule has 2 aromatic carbocycles. The van der Waals surface area contributed by atoms with Gasteiger partial charge in [-0.2, -0.15) is 0 Å². The summed E-state index contributed by atoms with van der Waals surface area (Å²) in [6, 6.07) is 13.7. The van der Waals surface area contributed by atoms with Crippen LogP contribution in [0.4, 0.5) is 4.39 Å². The number of hydroxylamine groups is 2. The molecule has 2 aliphatic rings. The maximum atomic E-state index is 13.1. The Kier molecular flexibility index (Phi) is 3.12. The number of para-hydroxylation sites is 2. The largest absolute Gasteiger partial charge is 0.366 e. The van der Waals surface area contributed by atoms with Gasteiger partial charge in [-0.1, -0.05) is 24.3 Å². The van der Waals surface area contributed by atoms with E-state index in [9.17, 15) is 4.39 Å². The molecule has 22 heavy (non-hydrogen) atoms. The second-order valence-electron chi connectivity index (χ2n) is 5.07. The fraction of sp³-hybridized carbons (Fsp3) is 0.118. The molecule has 0 N–H and O–H groups in total. The van der Waals surface area contributed by atoms with Crippen LogP contribution in [0.5, 0.6) is 11.5 Å². The normalized spacial score (nSPS) is 20.0. The van der Waals surface area contributed by atoms with Crippen LogP contribution in [0.15, 0.2) is 59.6 Å². The first-order valence-corrected chi connectivity index (χ1v) is 7.01. The Balaban J connectivity index is 1.63. The molecule has 0 fully saturated rings. The number of hydrogen-bond acceptors (Lipinski definition) is 4. The predicted molar refractivity (Wildman–Crippen MR) is 81.1 cm³/mol. The van der Waals surface area contributed by atoms with Crippen molar-refractivity contribution in [3.8, 4) is 11.5 Å². The van der Waals surface area contributed by atoms with Gasteiger partial charge in [0.05, 0.1) is 6.54 Å².